The minimum absolute atomic E-state index is 0.124. The minimum Gasteiger partial charge on any atom is -0.481 e. The molecule has 0 aliphatic heterocycles. The lowest BCUT2D eigenvalue weighted by Gasteiger charge is -2.15. The summed E-state index contributed by atoms with van der Waals surface area (Å²) in [7, 11) is 0. The van der Waals surface area contributed by atoms with Gasteiger partial charge in [0.15, 0.2) is 0 Å². The van der Waals surface area contributed by atoms with Gasteiger partial charge in [0.05, 0.1) is 23.3 Å². The zero-order valence-corrected chi connectivity index (χ0v) is 19.0. The smallest absolute Gasteiger partial charge is 0.348 e. The number of carbonyl (C=O) groups is 1. The molecule has 34 heavy (non-hydrogen) atoms. The summed E-state index contributed by atoms with van der Waals surface area (Å²) in [5, 5.41) is 10.0. The van der Waals surface area contributed by atoms with Crippen LogP contribution in [0.25, 0.3) is 22.2 Å². The van der Waals surface area contributed by atoms with Crippen LogP contribution >= 0.6 is 0 Å². The second kappa shape index (κ2) is 9.63. The normalized spacial score (nSPS) is 10.9. The Morgan fingerprint density at radius 2 is 1.88 bits per heavy atom. The zero-order chi connectivity index (χ0) is 24.2. The minimum atomic E-state index is -1.02. The van der Waals surface area contributed by atoms with Gasteiger partial charge in [0.2, 0.25) is 0 Å². The van der Waals surface area contributed by atoms with E-state index in [0.29, 0.717) is 28.4 Å². The number of nitrogens with zero attached hydrogens (tertiary/aromatic N) is 2. The monoisotopic (exact) mass is 452 g/mol. The summed E-state index contributed by atoms with van der Waals surface area (Å²) in [5.74, 6) is 2.39. The maximum absolute atomic E-state index is 13.2. The molecule has 170 valence electrons. The Balaban J connectivity index is 1.88. The first-order valence-corrected chi connectivity index (χ1v) is 10.9. The summed E-state index contributed by atoms with van der Waals surface area (Å²) < 4.78 is 7.15. The molecular formula is C28H24N2O4. The van der Waals surface area contributed by atoms with E-state index >= 15 is 0 Å². The van der Waals surface area contributed by atoms with Gasteiger partial charge < -0.3 is 9.84 Å². The lowest BCUT2D eigenvalue weighted by molar-refractivity contribution is 0.0696. The quantitative estimate of drug-likeness (QED) is 0.402. The van der Waals surface area contributed by atoms with E-state index in [9.17, 15) is 14.7 Å². The van der Waals surface area contributed by atoms with Crippen LogP contribution in [0.3, 0.4) is 0 Å². The first kappa shape index (κ1) is 22.8. The number of fused-ring (bicyclic) bond motifs is 1. The van der Waals surface area contributed by atoms with Crippen LogP contribution in [0, 0.1) is 12.3 Å². The Hall–Kier alpha value is -4.37. The Morgan fingerprint density at radius 3 is 2.56 bits per heavy atom. The maximum Gasteiger partial charge on any atom is 0.348 e. The largest absolute Gasteiger partial charge is 0.481 e. The summed E-state index contributed by atoms with van der Waals surface area (Å²) in [5.41, 5.74) is 3.65. The topological polar surface area (TPSA) is 81.4 Å². The number of rotatable bonds is 7. The van der Waals surface area contributed by atoms with Crippen molar-refractivity contribution in [3.8, 4) is 29.4 Å². The Bertz CT molecular complexity index is 1460. The Labute approximate surface area is 197 Å². The van der Waals surface area contributed by atoms with Crippen molar-refractivity contribution in [2.24, 2.45) is 0 Å². The molecule has 0 atom stereocenters. The lowest BCUT2D eigenvalue weighted by atomic mass is 9.99. The van der Waals surface area contributed by atoms with E-state index in [1.165, 1.54) is 16.2 Å². The molecule has 0 saturated carbocycles. The van der Waals surface area contributed by atoms with Crippen molar-refractivity contribution in [2.75, 3.05) is 6.61 Å². The third-order valence-corrected chi connectivity index (χ3v) is 5.64. The van der Waals surface area contributed by atoms with Crippen molar-refractivity contribution in [1.82, 2.24) is 9.55 Å². The average Bonchev–Trinajstić information content (AvgIpc) is 2.84. The molecule has 0 unspecified atom stereocenters. The molecule has 1 N–H and O–H groups in total. The fourth-order valence-electron chi connectivity index (χ4n) is 3.86. The van der Waals surface area contributed by atoms with E-state index in [1.54, 1.807) is 30.3 Å². The van der Waals surface area contributed by atoms with Crippen LogP contribution in [0.5, 0.6) is 5.75 Å². The van der Waals surface area contributed by atoms with Gasteiger partial charge in [-0.15, -0.1) is 6.42 Å². The molecule has 0 radical (unpaired) electrons. The Morgan fingerprint density at radius 1 is 1.12 bits per heavy atom. The SMILES string of the molecule is C#CCOc1ccc2c(c1)c(-c1ccc(C(C)C)cc1)nc(=O)n2Cc1cccc(C(=O)O)c1. The third-order valence-electron chi connectivity index (χ3n) is 5.64. The van der Waals surface area contributed by atoms with Crippen LogP contribution in [0.2, 0.25) is 0 Å². The number of aromatic carboxylic acids is 1. The standard InChI is InChI=1S/C28H24N2O4/c1-4-14-34-23-12-13-25-24(16-23)26(21-10-8-20(9-11-21)18(2)3)29-28(33)30(25)17-19-6-5-7-22(15-19)27(31)32/h1,5-13,15-16,18H,14,17H2,2-3H3,(H,31,32). The summed E-state index contributed by atoms with van der Waals surface area (Å²) in [6.07, 6.45) is 5.34. The number of carboxylic acid groups (broad SMARTS) is 1. The third kappa shape index (κ3) is 4.69. The number of hydrogen-bond donors (Lipinski definition) is 1. The summed E-state index contributed by atoms with van der Waals surface area (Å²) >= 11 is 0. The Kier molecular flexibility index (Phi) is 6.46. The van der Waals surface area contributed by atoms with E-state index in [1.807, 2.05) is 30.3 Å². The van der Waals surface area contributed by atoms with Gasteiger partial charge in [-0.05, 0) is 47.4 Å². The molecule has 0 aliphatic carbocycles. The van der Waals surface area contributed by atoms with Crippen molar-refractivity contribution in [3.63, 3.8) is 0 Å². The van der Waals surface area contributed by atoms with Crippen LogP contribution in [-0.2, 0) is 6.54 Å². The molecule has 6 heteroatoms. The summed E-state index contributed by atoms with van der Waals surface area (Å²) in [4.78, 5) is 28.9. The predicted octanol–water partition coefficient (Wildman–Crippen LogP) is 4.95. The van der Waals surface area contributed by atoms with Crippen molar-refractivity contribution < 1.29 is 14.6 Å². The molecule has 1 aromatic heterocycles. The van der Waals surface area contributed by atoms with Gasteiger partial charge in [0.1, 0.15) is 12.4 Å². The molecular weight excluding hydrogens is 428 g/mol. The first-order chi connectivity index (χ1) is 16.4. The van der Waals surface area contributed by atoms with E-state index in [4.69, 9.17) is 11.2 Å². The van der Waals surface area contributed by atoms with E-state index in [2.05, 4.69) is 24.8 Å². The van der Waals surface area contributed by atoms with Crippen molar-refractivity contribution >= 4 is 16.9 Å². The number of benzene rings is 3. The van der Waals surface area contributed by atoms with Gasteiger partial charge in [0, 0.05) is 10.9 Å². The van der Waals surface area contributed by atoms with Crippen LogP contribution in [0.15, 0.2) is 71.5 Å². The molecule has 0 bridgehead atoms. The second-order valence-corrected chi connectivity index (χ2v) is 8.28. The van der Waals surface area contributed by atoms with E-state index < -0.39 is 11.7 Å². The predicted molar refractivity (Wildman–Crippen MR) is 132 cm³/mol. The van der Waals surface area contributed by atoms with Gasteiger partial charge in [-0.1, -0.05) is 56.2 Å². The van der Waals surface area contributed by atoms with Crippen molar-refractivity contribution in [2.45, 2.75) is 26.3 Å². The fourth-order valence-corrected chi connectivity index (χ4v) is 3.86. The molecule has 0 saturated heterocycles. The molecule has 4 aromatic rings. The molecule has 3 aromatic carbocycles. The van der Waals surface area contributed by atoms with Crippen LogP contribution in [0.1, 0.15) is 41.3 Å². The van der Waals surface area contributed by atoms with Crippen LogP contribution < -0.4 is 10.4 Å². The molecule has 1 heterocycles. The molecule has 0 spiro atoms. The average molecular weight is 453 g/mol. The van der Waals surface area contributed by atoms with Gasteiger partial charge in [0.25, 0.3) is 0 Å². The van der Waals surface area contributed by atoms with E-state index in [-0.39, 0.29) is 18.7 Å². The van der Waals surface area contributed by atoms with Crippen LogP contribution in [0.4, 0.5) is 0 Å². The molecule has 0 aliphatic rings. The molecule has 0 fully saturated rings. The first-order valence-electron chi connectivity index (χ1n) is 10.9. The highest BCUT2D eigenvalue weighted by atomic mass is 16.5. The second-order valence-electron chi connectivity index (χ2n) is 8.28. The summed E-state index contributed by atoms with van der Waals surface area (Å²) in [6, 6.07) is 19.9. The van der Waals surface area contributed by atoms with Crippen molar-refractivity contribution in [3.05, 3.63) is 93.9 Å². The van der Waals surface area contributed by atoms with Gasteiger partial charge in [-0.3, -0.25) is 4.57 Å². The highest BCUT2D eigenvalue weighted by Gasteiger charge is 2.15. The maximum atomic E-state index is 13.2. The molecule has 4 rings (SSSR count). The number of carboxylic acids is 1. The zero-order valence-electron chi connectivity index (χ0n) is 19.0. The number of hydrogen-bond acceptors (Lipinski definition) is 4. The number of ether oxygens (including phenoxy) is 1. The highest BCUT2D eigenvalue weighted by molar-refractivity contribution is 5.93. The van der Waals surface area contributed by atoms with Crippen LogP contribution in [-0.4, -0.2) is 27.2 Å². The number of aromatic nitrogens is 2. The van der Waals surface area contributed by atoms with E-state index in [0.717, 1.165) is 10.9 Å². The fraction of sp³-hybridized carbons (Fsp3) is 0.179. The number of terminal acetylenes is 1. The lowest BCUT2D eigenvalue weighted by Crippen LogP contribution is -2.24. The van der Waals surface area contributed by atoms with Gasteiger partial charge >= 0.3 is 11.7 Å². The van der Waals surface area contributed by atoms with Gasteiger partial charge in [-0.2, -0.15) is 4.98 Å². The van der Waals surface area contributed by atoms with Gasteiger partial charge in [-0.25, -0.2) is 9.59 Å². The summed E-state index contributed by atoms with van der Waals surface area (Å²) in [6.45, 7) is 4.55. The highest BCUT2D eigenvalue weighted by Crippen LogP contribution is 2.30. The molecule has 0 amide bonds. The van der Waals surface area contributed by atoms with Crippen molar-refractivity contribution in [1.29, 1.82) is 0 Å². The molecule has 6 nitrogen and oxygen atoms in total.